The maximum absolute atomic E-state index is 12.9. The first-order valence-electron chi connectivity index (χ1n) is 8.97. The first-order chi connectivity index (χ1) is 12.4. The fourth-order valence-corrected chi connectivity index (χ4v) is 5.15. The molecular weight excluding hydrogens is 376 g/mol. The number of hydrogen-bond acceptors (Lipinski definition) is 4. The highest BCUT2D eigenvalue weighted by Crippen LogP contribution is 2.25. The van der Waals surface area contributed by atoms with Gasteiger partial charge in [0.1, 0.15) is 0 Å². The van der Waals surface area contributed by atoms with Crippen LogP contribution >= 0.6 is 11.6 Å². The Hall–Kier alpha value is -1.35. The van der Waals surface area contributed by atoms with E-state index in [2.05, 4.69) is 17.1 Å². The molecular formula is C17H25ClN4O3S. The number of sulfonamides is 1. The van der Waals surface area contributed by atoms with E-state index in [1.807, 2.05) is 0 Å². The summed E-state index contributed by atoms with van der Waals surface area (Å²) >= 11 is 5.85. The Morgan fingerprint density at radius 1 is 1.15 bits per heavy atom. The average molecular weight is 401 g/mol. The molecule has 3 rings (SSSR count). The van der Waals surface area contributed by atoms with Gasteiger partial charge in [-0.3, -0.25) is 0 Å². The summed E-state index contributed by atoms with van der Waals surface area (Å²) in [5.41, 5.74) is 0. The Kier molecular flexibility index (Phi) is 6.06. The summed E-state index contributed by atoms with van der Waals surface area (Å²) < 4.78 is 27.2. The molecule has 0 unspecified atom stereocenters. The Morgan fingerprint density at radius 3 is 2.42 bits per heavy atom. The summed E-state index contributed by atoms with van der Waals surface area (Å²) in [7, 11) is -3.66. The van der Waals surface area contributed by atoms with Crippen molar-refractivity contribution >= 4 is 27.7 Å². The molecule has 2 fully saturated rings. The van der Waals surface area contributed by atoms with Gasteiger partial charge in [0, 0.05) is 37.7 Å². The number of benzene rings is 1. The predicted molar refractivity (Wildman–Crippen MR) is 101 cm³/mol. The van der Waals surface area contributed by atoms with Crippen LogP contribution in [0, 0.1) is 0 Å². The molecule has 0 aromatic heterocycles. The molecule has 26 heavy (non-hydrogen) atoms. The Labute approximate surface area is 159 Å². The minimum Gasteiger partial charge on any atom is -0.322 e. The van der Waals surface area contributed by atoms with Gasteiger partial charge in [0.05, 0.1) is 11.1 Å². The van der Waals surface area contributed by atoms with Gasteiger partial charge in [0.25, 0.3) is 0 Å². The molecule has 7 nitrogen and oxygen atoms in total. The topological polar surface area (TPSA) is 73.0 Å². The summed E-state index contributed by atoms with van der Waals surface area (Å²) in [5.74, 6) is 0. The molecule has 2 heterocycles. The largest absolute Gasteiger partial charge is 0.322 e. The van der Waals surface area contributed by atoms with Crippen LogP contribution < -0.4 is 5.32 Å². The minimum atomic E-state index is -3.66. The lowest BCUT2D eigenvalue weighted by Gasteiger charge is -2.35. The SMILES string of the molecule is CCN1CCN(C(=O)N[C@H]2CCCN2S(=O)(=O)c2ccc(Cl)cc2)CC1. The normalized spacial score (nSPS) is 22.5. The van der Waals surface area contributed by atoms with Crippen molar-refractivity contribution in [2.45, 2.75) is 30.8 Å². The van der Waals surface area contributed by atoms with Gasteiger partial charge < -0.3 is 15.1 Å². The highest BCUT2D eigenvalue weighted by molar-refractivity contribution is 7.89. The number of halogens is 1. The Bertz CT molecular complexity index is 733. The lowest BCUT2D eigenvalue weighted by molar-refractivity contribution is 0.137. The quantitative estimate of drug-likeness (QED) is 0.836. The van der Waals surface area contributed by atoms with Crippen molar-refractivity contribution in [2.75, 3.05) is 39.3 Å². The third kappa shape index (κ3) is 4.14. The molecule has 1 atom stereocenters. The van der Waals surface area contributed by atoms with Crippen LogP contribution in [0.25, 0.3) is 0 Å². The molecule has 1 aromatic rings. The highest BCUT2D eigenvalue weighted by Gasteiger charge is 2.37. The average Bonchev–Trinajstić information content (AvgIpc) is 3.11. The van der Waals surface area contributed by atoms with Crippen molar-refractivity contribution < 1.29 is 13.2 Å². The number of carbonyl (C=O) groups excluding carboxylic acids is 1. The number of nitrogens with one attached hydrogen (secondary N) is 1. The fourth-order valence-electron chi connectivity index (χ4n) is 3.42. The minimum absolute atomic E-state index is 0.191. The van der Waals surface area contributed by atoms with Crippen molar-refractivity contribution in [2.24, 2.45) is 0 Å². The van der Waals surface area contributed by atoms with Crippen molar-refractivity contribution in [1.82, 2.24) is 19.4 Å². The molecule has 9 heteroatoms. The van der Waals surface area contributed by atoms with Crippen LogP contribution in [-0.2, 0) is 10.0 Å². The van der Waals surface area contributed by atoms with Crippen LogP contribution in [0.15, 0.2) is 29.2 Å². The summed E-state index contributed by atoms with van der Waals surface area (Å²) in [4.78, 5) is 16.8. The lowest BCUT2D eigenvalue weighted by Crippen LogP contribution is -2.55. The maximum Gasteiger partial charge on any atom is 0.318 e. The maximum atomic E-state index is 12.9. The molecule has 0 aliphatic carbocycles. The van der Waals surface area contributed by atoms with Crippen LogP contribution in [0.1, 0.15) is 19.8 Å². The van der Waals surface area contributed by atoms with Gasteiger partial charge >= 0.3 is 6.03 Å². The van der Waals surface area contributed by atoms with Crippen LogP contribution in [-0.4, -0.2) is 74.0 Å². The molecule has 144 valence electrons. The number of urea groups is 1. The third-order valence-corrected chi connectivity index (χ3v) is 7.20. The lowest BCUT2D eigenvalue weighted by atomic mass is 10.3. The zero-order chi connectivity index (χ0) is 18.7. The van der Waals surface area contributed by atoms with Crippen molar-refractivity contribution in [3.05, 3.63) is 29.3 Å². The van der Waals surface area contributed by atoms with E-state index in [0.29, 0.717) is 31.1 Å². The van der Waals surface area contributed by atoms with E-state index >= 15 is 0 Å². The Morgan fingerprint density at radius 2 is 1.81 bits per heavy atom. The first-order valence-corrected chi connectivity index (χ1v) is 10.8. The molecule has 1 N–H and O–H groups in total. The van der Waals surface area contributed by atoms with Gasteiger partial charge in [0.2, 0.25) is 10.0 Å². The van der Waals surface area contributed by atoms with Gasteiger partial charge in [-0.2, -0.15) is 4.31 Å². The molecule has 2 aliphatic rings. The second-order valence-corrected chi connectivity index (χ2v) is 8.93. The molecule has 0 radical (unpaired) electrons. The van der Waals surface area contributed by atoms with Crippen LogP contribution in [0.3, 0.4) is 0 Å². The third-order valence-electron chi connectivity index (χ3n) is 5.02. The van der Waals surface area contributed by atoms with E-state index in [1.54, 1.807) is 17.0 Å². The van der Waals surface area contributed by atoms with E-state index in [0.717, 1.165) is 26.1 Å². The molecule has 0 spiro atoms. The zero-order valence-corrected chi connectivity index (χ0v) is 16.5. The summed E-state index contributed by atoms with van der Waals surface area (Å²) in [6.07, 6.45) is 0.835. The number of rotatable bonds is 4. The number of hydrogen-bond donors (Lipinski definition) is 1. The summed E-state index contributed by atoms with van der Waals surface area (Å²) in [5, 5.41) is 3.40. The number of piperazine rings is 1. The second kappa shape index (κ2) is 8.12. The molecule has 0 saturated carbocycles. The van der Waals surface area contributed by atoms with E-state index in [-0.39, 0.29) is 10.9 Å². The van der Waals surface area contributed by atoms with Gasteiger partial charge in [-0.05, 0) is 43.7 Å². The molecule has 2 aliphatic heterocycles. The van der Waals surface area contributed by atoms with E-state index in [4.69, 9.17) is 11.6 Å². The number of amides is 2. The standard InChI is InChI=1S/C17H25ClN4O3S/c1-2-20-10-12-21(13-11-20)17(23)19-16-4-3-9-22(16)26(24,25)15-7-5-14(18)6-8-15/h5-8,16H,2-4,9-13H2,1H3,(H,19,23)/t16-/m1/s1. The summed E-state index contributed by atoms with van der Waals surface area (Å²) in [6.45, 7) is 6.51. The molecule has 0 bridgehead atoms. The van der Waals surface area contributed by atoms with Crippen LogP contribution in [0.5, 0.6) is 0 Å². The second-order valence-electron chi connectivity index (χ2n) is 6.60. The summed E-state index contributed by atoms with van der Waals surface area (Å²) in [6, 6.07) is 5.93. The van der Waals surface area contributed by atoms with Crippen molar-refractivity contribution in [3.63, 3.8) is 0 Å². The van der Waals surface area contributed by atoms with Crippen LogP contribution in [0.2, 0.25) is 5.02 Å². The van der Waals surface area contributed by atoms with Gasteiger partial charge in [-0.25, -0.2) is 13.2 Å². The Balaban J connectivity index is 1.66. The van der Waals surface area contributed by atoms with Crippen molar-refractivity contribution in [1.29, 1.82) is 0 Å². The monoisotopic (exact) mass is 400 g/mol. The van der Waals surface area contributed by atoms with Gasteiger partial charge in [-0.15, -0.1) is 0 Å². The smallest absolute Gasteiger partial charge is 0.318 e. The fraction of sp³-hybridized carbons (Fsp3) is 0.588. The first kappa shape index (κ1) is 19.4. The predicted octanol–water partition coefficient (Wildman–Crippen LogP) is 1.80. The molecule has 2 amide bonds. The molecule has 2 saturated heterocycles. The molecule has 1 aromatic carbocycles. The van der Waals surface area contributed by atoms with Crippen LogP contribution in [0.4, 0.5) is 4.79 Å². The van der Waals surface area contributed by atoms with Crippen molar-refractivity contribution in [3.8, 4) is 0 Å². The number of nitrogens with zero attached hydrogens (tertiary/aromatic N) is 3. The zero-order valence-electron chi connectivity index (χ0n) is 14.9. The van der Waals surface area contributed by atoms with Gasteiger partial charge in [0.15, 0.2) is 0 Å². The number of likely N-dealkylation sites (N-methyl/N-ethyl adjacent to an activating group) is 1. The van der Waals surface area contributed by atoms with E-state index in [1.165, 1.54) is 16.4 Å². The van der Waals surface area contributed by atoms with E-state index in [9.17, 15) is 13.2 Å². The van der Waals surface area contributed by atoms with E-state index < -0.39 is 16.2 Å². The number of carbonyl (C=O) groups is 1. The van der Waals surface area contributed by atoms with Gasteiger partial charge in [-0.1, -0.05) is 18.5 Å². The highest BCUT2D eigenvalue weighted by atomic mass is 35.5.